The van der Waals surface area contributed by atoms with E-state index in [2.05, 4.69) is 44.6 Å². The van der Waals surface area contributed by atoms with Crippen LogP contribution < -0.4 is 21.5 Å². The molecule has 2 N–H and O–H groups in total. The first-order valence-electron chi connectivity index (χ1n) is 10.3. The number of piperazine rings is 1. The van der Waals surface area contributed by atoms with Gasteiger partial charge in [0.05, 0.1) is 18.3 Å². The summed E-state index contributed by atoms with van der Waals surface area (Å²) in [6, 6.07) is 16.1. The SMILES string of the molecule is CN1CCN([C@@H](CNc2c(NCc3ccccn3)c(=O)c2=O)c2ccccc2)CC1. The van der Waals surface area contributed by atoms with Gasteiger partial charge in [-0.1, -0.05) is 36.4 Å². The van der Waals surface area contributed by atoms with Crippen molar-refractivity contribution in [2.24, 2.45) is 0 Å². The highest BCUT2D eigenvalue weighted by Gasteiger charge is 2.26. The molecule has 1 aliphatic heterocycles. The molecule has 0 spiro atoms. The molecule has 2 aromatic carbocycles. The van der Waals surface area contributed by atoms with Crippen molar-refractivity contribution in [3.63, 3.8) is 0 Å². The average Bonchev–Trinajstić information content (AvgIpc) is 2.80. The summed E-state index contributed by atoms with van der Waals surface area (Å²) in [6.45, 7) is 4.93. The second-order valence-corrected chi connectivity index (χ2v) is 7.73. The summed E-state index contributed by atoms with van der Waals surface area (Å²) in [5, 5.41) is 6.34. The van der Waals surface area contributed by atoms with Crippen molar-refractivity contribution in [2.75, 3.05) is 50.4 Å². The number of likely N-dealkylation sites (N-methyl/N-ethyl adjacent to an activating group) is 1. The van der Waals surface area contributed by atoms with E-state index in [1.165, 1.54) is 5.56 Å². The molecule has 0 saturated carbocycles. The number of hydrogen-bond acceptors (Lipinski definition) is 7. The van der Waals surface area contributed by atoms with Gasteiger partial charge in [-0.25, -0.2) is 0 Å². The Kier molecular flexibility index (Phi) is 6.21. The van der Waals surface area contributed by atoms with Crippen LogP contribution in [0.5, 0.6) is 0 Å². The lowest BCUT2D eigenvalue weighted by Gasteiger charge is -2.38. The minimum absolute atomic E-state index is 0.132. The topological polar surface area (TPSA) is 77.6 Å². The Morgan fingerprint density at radius 1 is 0.900 bits per heavy atom. The number of pyridine rings is 1. The van der Waals surface area contributed by atoms with Crippen molar-refractivity contribution in [1.82, 2.24) is 14.8 Å². The summed E-state index contributed by atoms with van der Waals surface area (Å²) in [6.07, 6.45) is 1.71. The molecule has 1 fully saturated rings. The molecule has 1 saturated heterocycles. The molecule has 0 bridgehead atoms. The van der Waals surface area contributed by atoms with Crippen LogP contribution in [0.3, 0.4) is 0 Å². The van der Waals surface area contributed by atoms with Crippen LogP contribution >= 0.6 is 0 Å². The summed E-state index contributed by atoms with van der Waals surface area (Å²) < 4.78 is 0. The van der Waals surface area contributed by atoms with Crippen molar-refractivity contribution in [3.05, 3.63) is 86.4 Å². The quantitative estimate of drug-likeness (QED) is 0.552. The van der Waals surface area contributed by atoms with Crippen molar-refractivity contribution in [3.8, 4) is 0 Å². The van der Waals surface area contributed by atoms with Crippen molar-refractivity contribution >= 4 is 11.4 Å². The second-order valence-electron chi connectivity index (χ2n) is 7.73. The van der Waals surface area contributed by atoms with Gasteiger partial charge >= 0.3 is 0 Å². The lowest BCUT2D eigenvalue weighted by molar-refractivity contribution is 0.116. The van der Waals surface area contributed by atoms with E-state index < -0.39 is 10.9 Å². The molecule has 0 aliphatic carbocycles. The standard InChI is InChI=1S/C23H27N5O2/c1-27-11-13-28(14-12-27)19(17-7-3-2-4-8-17)16-26-21-20(22(29)23(21)30)25-15-18-9-5-6-10-24-18/h2-10,19,25-26H,11-16H2,1H3/t19-/m0/s1. The first-order chi connectivity index (χ1) is 14.6. The zero-order valence-electron chi connectivity index (χ0n) is 17.2. The zero-order valence-corrected chi connectivity index (χ0v) is 17.2. The Morgan fingerprint density at radius 3 is 2.23 bits per heavy atom. The Balaban J connectivity index is 1.47. The summed E-state index contributed by atoms with van der Waals surface area (Å²) in [4.78, 5) is 33.3. The third-order valence-corrected chi connectivity index (χ3v) is 5.72. The molecule has 1 atom stereocenters. The molecule has 0 unspecified atom stereocenters. The van der Waals surface area contributed by atoms with Crippen LogP contribution in [0.25, 0.3) is 0 Å². The molecule has 7 heteroatoms. The molecule has 1 aromatic heterocycles. The number of aromatic nitrogens is 1. The maximum absolute atomic E-state index is 12.2. The van der Waals surface area contributed by atoms with Gasteiger partial charge in [0.2, 0.25) is 0 Å². The number of rotatable bonds is 8. The Bertz CT molecular complexity index is 1020. The van der Waals surface area contributed by atoms with Crippen LogP contribution in [0.4, 0.5) is 11.4 Å². The van der Waals surface area contributed by atoms with E-state index in [0.717, 1.165) is 31.9 Å². The van der Waals surface area contributed by atoms with Gasteiger partial charge in [-0.15, -0.1) is 0 Å². The fourth-order valence-corrected chi connectivity index (χ4v) is 3.88. The summed E-state index contributed by atoms with van der Waals surface area (Å²) in [7, 11) is 2.14. The van der Waals surface area contributed by atoms with Gasteiger partial charge in [0.25, 0.3) is 10.9 Å². The monoisotopic (exact) mass is 405 g/mol. The highest BCUT2D eigenvalue weighted by atomic mass is 16.2. The van der Waals surface area contributed by atoms with E-state index >= 15 is 0 Å². The van der Waals surface area contributed by atoms with E-state index in [1.54, 1.807) is 6.20 Å². The van der Waals surface area contributed by atoms with E-state index in [-0.39, 0.29) is 6.04 Å². The maximum Gasteiger partial charge on any atom is 0.253 e. The van der Waals surface area contributed by atoms with E-state index in [9.17, 15) is 9.59 Å². The van der Waals surface area contributed by atoms with E-state index in [4.69, 9.17) is 0 Å². The minimum atomic E-state index is -0.468. The van der Waals surface area contributed by atoms with Gasteiger partial charge in [0, 0.05) is 38.9 Å². The van der Waals surface area contributed by atoms with E-state index in [0.29, 0.717) is 24.5 Å². The van der Waals surface area contributed by atoms with Crippen LogP contribution in [0, 0.1) is 0 Å². The van der Waals surface area contributed by atoms with E-state index in [1.807, 2.05) is 36.4 Å². The van der Waals surface area contributed by atoms with Gasteiger partial charge in [-0.3, -0.25) is 19.5 Å². The fourth-order valence-electron chi connectivity index (χ4n) is 3.88. The van der Waals surface area contributed by atoms with Crippen molar-refractivity contribution < 1.29 is 0 Å². The van der Waals surface area contributed by atoms with Crippen LogP contribution in [0.2, 0.25) is 0 Å². The average molecular weight is 406 g/mol. The second kappa shape index (κ2) is 9.19. The molecular formula is C23H27N5O2. The maximum atomic E-state index is 12.2. The van der Waals surface area contributed by atoms with Crippen LogP contribution in [-0.4, -0.2) is 54.6 Å². The summed E-state index contributed by atoms with van der Waals surface area (Å²) >= 11 is 0. The molecule has 3 aromatic rings. The number of benzene rings is 1. The molecule has 2 heterocycles. The van der Waals surface area contributed by atoms with Gasteiger partial charge in [0.1, 0.15) is 11.4 Å². The van der Waals surface area contributed by atoms with Gasteiger partial charge in [-0.05, 0) is 24.7 Å². The highest BCUT2D eigenvalue weighted by molar-refractivity contribution is 5.74. The third kappa shape index (κ3) is 4.42. The molecular weight excluding hydrogens is 378 g/mol. The molecule has 0 amide bonds. The lowest BCUT2D eigenvalue weighted by Crippen LogP contribution is -2.48. The molecule has 4 rings (SSSR count). The molecule has 7 nitrogen and oxygen atoms in total. The van der Waals surface area contributed by atoms with Crippen molar-refractivity contribution in [2.45, 2.75) is 12.6 Å². The largest absolute Gasteiger partial charge is 0.378 e. The normalized spacial score (nSPS) is 16.4. The zero-order chi connectivity index (χ0) is 20.9. The van der Waals surface area contributed by atoms with Crippen LogP contribution in [0.1, 0.15) is 17.3 Å². The summed E-state index contributed by atoms with van der Waals surface area (Å²) in [5.41, 5.74) is 1.84. The first kappa shape index (κ1) is 20.3. The minimum Gasteiger partial charge on any atom is -0.378 e. The fraction of sp³-hybridized carbons (Fsp3) is 0.348. The molecule has 1 aliphatic rings. The molecule has 156 valence electrons. The van der Waals surface area contributed by atoms with Gasteiger partial charge in [-0.2, -0.15) is 0 Å². The lowest BCUT2D eigenvalue weighted by atomic mass is 10.0. The van der Waals surface area contributed by atoms with Crippen LogP contribution in [0.15, 0.2) is 64.3 Å². The van der Waals surface area contributed by atoms with Crippen LogP contribution in [-0.2, 0) is 6.54 Å². The van der Waals surface area contributed by atoms with Crippen molar-refractivity contribution in [1.29, 1.82) is 0 Å². The highest BCUT2D eigenvalue weighted by Crippen LogP contribution is 2.24. The Hall–Kier alpha value is -3.03. The number of nitrogens with zero attached hydrogens (tertiary/aromatic N) is 3. The summed E-state index contributed by atoms with van der Waals surface area (Å²) in [5.74, 6) is 0. The molecule has 30 heavy (non-hydrogen) atoms. The first-order valence-corrected chi connectivity index (χ1v) is 10.3. The third-order valence-electron chi connectivity index (χ3n) is 5.72. The van der Waals surface area contributed by atoms with Gasteiger partial charge < -0.3 is 15.5 Å². The molecule has 0 radical (unpaired) electrons. The Labute approximate surface area is 176 Å². The predicted molar refractivity (Wildman–Crippen MR) is 120 cm³/mol. The van der Waals surface area contributed by atoms with Gasteiger partial charge in [0.15, 0.2) is 0 Å². The smallest absolute Gasteiger partial charge is 0.253 e. The Morgan fingerprint density at radius 2 is 1.57 bits per heavy atom. The number of hydrogen-bond donors (Lipinski definition) is 2. The predicted octanol–water partition coefficient (Wildman–Crippen LogP) is 1.69. The number of anilines is 2. The number of nitrogens with one attached hydrogen (secondary N) is 2.